The first-order chi connectivity index (χ1) is 5.83. The van der Waals surface area contributed by atoms with Crippen molar-refractivity contribution in [1.82, 2.24) is 5.32 Å². The number of hydrogen-bond acceptors (Lipinski definition) is 2. The van der Waals surface area contributed by atoms with E-state index in [4.69, 9.17) is 5.73 Å². The molecule has 2 nitrogen and oxygen atoms in total. The van der Waals surface area contributed by atoms with Gasteiger partial charge in [-0.2, -0.15) is 0 Å². The highest BCUT2D eigenvalue weighted by Gasteiger charge is 2.10. The fraction of sp³-hybridized carbons (Fsp3) is 0.800. The second-order valence-electron chi connectivity index (χ2n) is 3.70. The third-order valence-electron chi connectivity index (χ3n) is 2.46. The molecule has 0 amide bonds. The van der Waals surface area contributed by atoms with Crippen molar-refractivity contribution in [3.63, 3.8) is 0 Å². The predicted octanol–water partition coefficient (Wildman–Crippen LogP) is 1.28. The largest absolute Gasteiger partial charge is 0.330 e. The van der Waals surface area contributed by atoms with E-state index in [1.807, 2.05) is 0 Å². The van der Waals surface area contributed by atoms with Crippen molar-refractivity contribution >= 4 is 0 Å². The molecule has 0 bridgehead atoms. The number of nitrogens with one attached hydrogen (secondary N) is 1. The van der Waals surface area contributed by atoms with Crippen molar-refractivity contribution in [2.45, 2.75) is 32.2 Å². The normalized spacial score (nSPS) is 20.2. The van der Waals surface area contributed by atoms with E-state index in [0.29, 0.717) is 6.04 Å². The van der Waals surface area contributed by atoms with Crippen LogP contribution in [-0.2, 0) is 0 Å². The zero-order valence-electron chi connectivity index (χ0n) is 7.92. The van der Waals surface area contributed by atoms with E-state index in [2.05, 4.69) is 24.4 Å². The van der Waals surface area contributed by atoms with E-state index in [-0.39, 0.29) is 0 Å². The second kappa shape index (κ2) is 5.33. The molecule has 1 unspecified atom stereocenters. The van der Waals surface area contributed by atoms with Crippen molar-refractivity contribution in [1.29, 1.82) is 0 Å². The Labute approximate surface area is 75.2 Å². The lowest BCUT2D eigenvalue weighted by atomic mass is 10.1. The van der Waals surface area contributed by atoms with Crippen LogP contribution in [0.4, 0.5) is 0 Å². The molecule has 0 fully saturated rings. The highest BCUT2D eigenvalue weighted by molar-refractivity contribution is 4.94. The van der Waals surface area contributed by atoms with Crippen molar-refractivity contribution in [3.05, 3.63) is 12.2 Å². The zero-order valence-corrected chi connectivity index (χ0v) is 7.92. The first-order valence-corrected chi connectivity index (χ1v) is 4.91. The van der Waals surface area contributed by atoms with Gasteiger partial charge in [0.25, 0.3) is 0 Å². The Kier molecular flexibility index (Phi) is 4.33. The summed E-state index contributed by atoms with van der Waals surface area (Å²) in [6.07, 6.45) is 8.14. The van der Waals surface area contributed by atoms with Gasteiger partial charge in [0.2, 0.25) is 0 Å². The minimum atomic E-state index is 0.579. The van der Waals surface area contributed by atoms with Crippen LogP contribution in [-0.4, -0.2) is 19.1 Å². The van der Waals surface area contributed by atoms with E-state index in [1.165, 1.54) is 12.8 Å². The van der Waals surface area contributed by atoms with Gasteiger partial charge in [-0.1, -0.05) is 12.2 Å². The van der Waals surface area contributed by atoms with Gasteiger partial charge in [-0.15, -0.1) is 0 Å². The summed E-state index contributed by atoms with van der Waals surface area (Å²) in [5.41, 5.74) is 5.46. The third kappa shape index (κ3) is 3.37. The van der Waals surface area contributed by atoms with E-state index < -0.39 is 0 Å². The molecule has 0 aromatic carbocycles. The van der Waals surface area contributed by atoms with Crippen LogP contribution in [0.25, 0.3) is 0 Å². The van der Waals surface area contributed by atoms with Crippen LogP contribution >= 0.6 is 0 Å². The summed E-state index contributed by atoms with van der Waals surface area (Å²) in [4.78, 5) is 0. The summed E-state index contributed by atoms with van der Waals surface area (Å²) >= 11 is 0. The Morgan fingerprint density at radius 3 is 2.75 bits per heavy atom. The molecule has 1 aliphatic carbocycles. The van der Waals surface area contributed by atoms with Crippen molar-refractivity contribution in [3.8, 4) is 0 Å². The summed E-state index contributed by atoms with van der Waals surface area (Å²) < 4.78 is 0. The SMILES string of the molecule is CC(CCN)NCC1CC=CC1. The molecule has 0 saturated carbocycles. The molecule has 0 aromatic rings. The summed E-state index contributed by atoms with van der Waals surface area (Å²) in [5, 5.41) is 3.51. The molecule has 0 aliphatic heterocycles. The molecule has 1 atom stereocenters. The third-order valence-corrected chi connectivity index (χ3v) is 2.46. The minimum Gasteiger partial charge on any atom is -0.330 e. The minimum absolute atomic E-state index is 0.579. The fourth-order valence-electron chi connectivity index (χ4n) is 1.56. The van der Waals surface area contributed by atoms with Gasteiger partial charge in [0, 0.05) is 6.04 Å². The molecule has 2 heteroatoms. The van der Waals surface area contributed by atoms with Crippen LogP contribution in [0.1, 0.15) is 26.2 Å². The summed E-state index contributed by atoms with van der Waals surface area (Å²) in [6.45, 7) is 4.14. The molecule has 1 aliphatic rings. The molecule has 12 heavy (non-hydrogen) atoms. The second-order valence-corrected chi connectivity index (χ2v) is 3.70. The van der Waals surface area contributed by atoms with Gasteiger partial charge in [-0.3, -0.25) is 0 Å². The summed E-state index contributed by atoms with van der Waals surface area (Å²) in [6, 6.07) is 0.579. The first kappa shape index (κ1) is 9.75. The van der Waals surface area contributed by atoms with Crippen LogP contribution < -0.4 is 11.1 Å². The maximum absolute atomic E-state index is 5.46. The van der Waals surface area contributed by atoms with E-state index in [1.54, 1.807) is 0 Å². The van der Waals surface area contributed by atoms with Crippen LogP contribution in [0, 0.1) is 5.92 Å². The molecule has 0 spiro atoms. The van der Waals surface area contributed by atoms with Gasteiger partial charge < -0.3 is 11.1 Å². The molecule has 0 aromatic heterocycles. The molecular formula is C10H20N2. The van der Waals surface area contributed by atoms with Crippen LogP contribution in [0.2, 0.25) is 0 Å². The Bertz CT molecular complexity index is 135. The highest BCUT2D eigenvalue weighted by Crippen LogP contribution is 2.16. The van der Waals surface area contributed by atoms with Gasteiger partial charge in [0.05, 0.1) is 0 Å². The Balaban J connectivity index is 2.00. The highest BCUT2D eigenvalue weighted by atomic mass is 14.9. The van der Waals surface area contributed by atoms with Crippen molar-refractivity contribution < 1.29 is 0 Å². The maximum atomic E-state index is 5.46. The number of rotatable bonds is 5. The monoisotopic (exact) mass is 168 g/mol. The molecular weight excluding hydrogens is 148 g/mol. The topological polar surface area (TPSA) is 38.0 Å². The molecule has 1 rings (SSSR count). The average molecular weight is 168 g/mol. The quantitative estimate of drug-likeness (QED) is 0.607. The van der Waals surface area contributed by atoms with Gasteiger partial charge in [-0.05, 0) is 45.2 Å². The predicted molar refractivity (Wildman–Crippen MR) is 53.0 cm³/mol. The lowest BCUT2D eigenvalue weighted by Crippen LogP contribution is -2.32. The standard InChI is InChI=1S/C10H20N2/c1-9(6-7-11)12-8-10-4-2-3-5-10/h2-3,9-10,12H,4-8,11H2,1H3. The van der Waals surface area contributed by atoms with E-state index in [9.17, 15) is 0 Å². The molecule has 0 radical (unpaired) electrons. The van der Waals surface area contributed by atoms with Crippen molar-refractivity contribution in [2.75, 3.05) is 13.1 Å². The van der Waals surface area contributed by atoms with E-state index >= 15 is 0 Å². The molecule has 3 N–H and O–H groups in total. The van der Waals surface area contributed by atoms with Crippen LogP contribution in [0.15, 0.2) is 12.2 Å². The lowest BCUT2D eigenvalue weighted by molar-refractivity contribution is 0.442. The van der Waals surface area contributed by atoms with Crippen LogP contribution in [0.5, 0.6) is 0 Å². The number of allylic oxidation sites excluding steroid dienone is 2. The van der Waals surface area contributed by atoms with Gasteiger partial charge in [0.15, 0.2) is 0 Å². The summed E-state index contributed by atoms with van der Waals surface area (Å²) in [5.74, 6) is 0.838. The maximum Gasteiger partial charge on any atom is 0.00508 e. The Morgan fingerprint density at radius 2 is 2.17 bits per heavy atom. The van der Waals surface area contributed by atoms with E-state index in [0.717, 1.165) is 25.4 Å². The number of nitrogens with two attached hydrogens (primary N) is 1. The van der Waals surface area contributed by atoms with Gasteiger partial charge in [-0.25, -0.2) is 0 Å². The fourth-order valence-corrected chi connectivity index (χ4v) is 1.56. The first-order valence-electron chi connectivity index (χ1n) is 4.91. The zero-order chi connectivity index (χ0) is 8.81. The number of hydrogen-bond donors (Lipinski definition) is 2. The van der Waals surface area contributed by atoms with Crippen LogP contribution in [0.3, 0.4) is 0 Å². The van der Waals surface area contributed by atoms with Gasteiger partial charge in [0.1, 0.15) is 0 Å². The molecule has 0 heterocycles. The van der Waals surface area contributed by atoms with Gasteiger partial charge >= 0.3 is 0 Å². The van der Waals surface area contributed by atoms with Crippen molar-refractivity contribution in [2.24, 2.45) is 11.7 Å². The summed E-state index contributed by atoms with van der Waals surface area (Å²) in [7, 11) is 0. The smallest absolute Gasteiger partial charge is 0.00508 e. The lowest BCUT2D eigenvalue weighted by Gasteiger charge is -2.16. The molecule has 0 saturated heterocycles. The Morgan fingerprint density at radius 1 is 1.50 bits per heavy atom. The Hall–Kier alpha value is -0.340. The molecule has 70 valence electrons. The average Bonchev–Trinajstić information content (AvgIpc) is 2.53.